The minimum absolute atomic E-state index is 0.113. The number of para-hydroxylation sites is 1. The Morgan fingerprint density at radius 3 is 2.46 bits per heavy atom. The maximum Gasteiger partial charge on any atom is 0.255 e. The van der Waals surface area contributed by atoms with Gasteiger partial charge in [-0.1, -0.05) is 49.2 Å². The van der Waals surface area contributed by atoms with Crippen molar-refractivity contribution in [1.82, 2.24) is 10.2 Å². The largest absolute Gasteiger partial charge is 0.486 e. The zero-order chi connectivity index (χ0) is 19.2. The predicted octanol–water partition coefficient (Wildman–Crippen LogP) is 3.80. The van der Waals surface area contributed by atoms with Gasteiger partial charge in [-0.3, -0.25) is 9.69 Å². The molecule has 4 rings (SSSR count). The van der Waals surface area contributed by atoms with Crippen LogP contribution in [0.2, 0.25) is 0 Å². The van der Waals surface area contributed by atoms with E-state index in [2.05, 4.69) is 34.5 Å². The number of fused-ring (bicyclic) bond motifs is 1. The fourth-order valence-electron chi connectivity index (χ4n) is 4.08. The number of carbonyl (C=O) groups is 1. The quantitative estimate of drug-likeness (QED) is 0.857. The Bertz CT molecular complexity index is 786. The summed E-state index contributed by atoms with van der Waals surface area (Å²) in [6, 6.07) is 16.1. The zero-order valence-electron chi connectivity index (χ0n) is 16.2. The number of ether oxygens (including phenoxy) is 2. The van der Waals surface area contributed by atoms with Crippen LogP contribution in [0.4, 0.5) is 0 Å². The summed E-state index contributed by atoms with van der Waals surface area (Å²) in [5.74, 6) is 1.08. The van der Waals surface area contributed by atoms with Crippen LogP contribution in [0.3, 0.4) is 0 Å². The van der Waals surface area contributed by atoms with E-state index in [-0.39, 0.29) is 11.9 Å². The second-order valence-electron chi connectivity index (χ2n) is 7.42. The number of rotatable bonds is 5. The van der Waals surface area contributed by atoms with Crippen LogP contribution in [0.1, 0.15) is 47.6 Å². The molecule has 148 valence electrons. The van der Waals surface area contributed by atoms with E-state index < -0.39 is 0 Å². The van der Waals surface area contributed by atoms with Crippen LogP contribution in [0.5, 0.6) is 11.5 Å². The highest BCUT2D eigenvalue weighted by Crippen LogP contribution is 2.33. The number of carbonyl (C=O) groups excluding carboxylic acids is 1. The molecule has 2 aliphatic heterocycles. The van der Waals surface area contributed by atoms with Gasteiger partial charge in [0, 0.05) is 6.54 Å². The van der Waals surface area contributed by atoms with Crippen LogP contribution < -0.4 is 14.8 Å². The maximum atomic E-state index is 12.9. The minimum Gasteiger partial charge on any atom is -0.486 e. The monoisotopic (exact) mass is 380 g/mol. The molecule has 0 bridgehead atoms. The van der Waals surface area contributed by atoms with E-state index in [4.69, 9.17) is 9.47 Å². The van der Waals surface area contributed by atoms with Gasteiger partial charge in [0.1, 0.15) is 13.2 Å². The van der Waals surface area contributed by atoms with Crippen molar-refractivity contribution >= 4 is 5.91 Å². The van der Waals surface area contributed by atoms with E-state index in [1.807, 2.05) is 18.2 Å². The first-order valence-electron chi connectivity index (χ1n) is 10.3. The average molecular weight is 380 g/mol. The van der Waals surface area contributed by atoms with Gasteiger partial charge in [0.15, 0.2) is 11.5 Å². The SMILES string of the molecule is O=C(NC[C@H](c1ccccc1)N1CCCCCC1)c1cccc2c1OCCO2. The maximum absolute atomic E-state index is 12.9. The fourth-order valence-corrected chi connectivity index (χ4v) is 4.08. The first-order chi connectivity index (χ1) is 13.8. The normalized spacial score (nSPS) is 18.1. The third-order valence-corrected chi connectivity index (χ3v) is 5.53. The van der Waals surface area contributed by atoms with Gasteiger partial charge in [-0.25, -0.2) is 0 Å². The summed E-state index contributed by atoms with van der Waals surface area (Å²) in [7, 11) is 0. The summed E-state index contributed by atoms with van der Waals surface area (Å²) in [5.41, 5.74) is 1.79. The topological polar surface area (TPSA) is 50.8 Å². The molecule has 0 spiro atoms. The Morgan fingerprint density at radius 1 is 0.929 bits per heavy atom. The molecule has 0 aliphatic carbocycles. The highest BCUT2D eigenvalue weighted by molar-refractivity contribution is 5.97. The first-order valence-corrected chi connectivity index (χ1v) is 10.3. The Hall–Kier alpha value is -2.53. The van der Waals surface area contributed by atoms with E-state index in [0.717, 1.165) is 13.1 Å². The Morgan fingerprint density at radius 2 is 1.68 bits per heavy atom. The van der Waals surface area contributed by atoms with Crippen LogP contribution in [0.15, 0.2) is 48.5 Å². The molecule has 2 heterocycles. The Kier molecular flexibility index (Phi) is 6.12. The molecule has 1 N–H and O–H groups in total. The molecule has 2 aliphatic rings. The van der Waals surface area contributed by atoms with Crippen molar-refractivity contribution in [3.63, 3.8) is 0 Å². The van der Waals surface area contributed by atoms with E-state index in [0.29, 0.717) is 36.8 Å². The molecule has 0 saturated carbocycles. The summed E-state index contributed by atoms with van der Waals surface area (Å²) in [5, 5.41) is 3.15. The van der Waals surface area contributed by atoms with Gasteiger partial charge in [-0.15, -0.1) is 0 Å². The van der Waals surface area contributed by atoms with Gasteiger partial charge in [0.05, 0.1) is 11.6 Å². The summed E-state index contributed by atoms with van der Waals surface area (Å²) in [6.07, 6.45) is 5.01. The van der Waals surface area contributed by atoms with Gasteiger partial charge in [-0.2, -0.15) is 0 Å². The average Bonchev–Trinajstić information content (AvgIpc) is 3.04. The first kappa shape index (κ1) is 18.8. The minimum atomic E-state index is -0.113. The Balaban J connectivity index is 1.50. The second-order valence-corrected chi connectivity index (χ2v) is 7.42. The molecule has 1 saturated heterocycles. The number of amides is 1. The predicted molar refractivity (Wildman–Crippen MR) is 109 cm³/mol. The number of nitrogens with one attached hydrogen (secondary N) is 1. The summed E-state index contributed by atoms with van der Waals surface area (Å²) in [4.78, 5) is 15.5. The van der Waals surface area contributed by atoms with E-state index in [9.17, 15) is 4.79 Å². The molecule has 2 aromatic rings. The molecule has 1 amide bonds. The van der Waals surface area contributed by atoms with E-state index in [1.165, 1.54) is 31.2 Å². The number of hydrogen-bond donors (Lipinski definition) is 1. The summed E-state index contributed by atoms with van der Waals surface area (Å²) < 4.78 is 11.3. The molecule has 2 aromatic carbocycles. The van der Waals surface area contributed by atoms with Gasteiger partial charge in [0.2, 0.25) is 0 Å². The molecule has 1 atom stereocenters. The third-order valence-electron chi connectivity index (χ3n) is 5.53. The molecule has 0 aromatic heterocycles. The van der Waals surface area contributed by atoms with Crippen LogP contribution in [0.25, 0.3) is 0 Å². The molecule has 5 heteroatoms. The lowest BCUT2D eigenvalue weighted by Crippen LogP contribution is -2.39. The smallest absolute Gasteiger partial charge is 0.255 e. The standard InChI is InChI=1S/C23H28N2O3/c26-23(19-11-8-12-21-22(19)28-16-15-27-21)24-17-20(18-9-4-3-5-10-18)25-13-6-1-2-7-14-25/h3-5,8-12,20H,1-2,6-7,13-17H2,(H,24,26)/t20-/m1/s1. The van der Waals surface area contributed by atoms with Crippen LogP contribution >= 0.6 is 0 Å². The highest BCUT2D eigenvalue weighted by atomic mass is 16.6. The van der Waals surface area contributed by atoms with Crippen molar-refractivity contribution < 1.29 is 14.3 Å². The lowest BCUT2D eigenvalue weighted by molar-refractivity contribution is 0.0922. The van der Waals surface area contributed by atoms with Crippen molar-refractivity contribution in [2.24, 2.45) is 0 Å². The molecule has 5 nitrogen and oxygen atoms in total. The van der Waals surface area contributed by atoms with Crippen molar-refractivity contribution in [3.8, 4) is 11.5 Å². The molecule has 0 radical (unpaired) electrons. The summed E-state index contributed by atoms with van der Waals surface area (Å²) in [6.45, 7) is 3.72. The van der Waals surface area contributed by atoms with Crippen molar-refractivity contribution in [2.75, 3.05) is 32.8 Å². The van der Waals surface area contributed by atoms with Crippen LogP contribution in [0, 0.1) is 0 Å². The molecular formula is C23H28N2O3. The molecule has 1 fully saturated rings. The molecular weight excluding hydrogens is 352 g/mol. The second kappa shape index (κ2) is 9.11. The van der Waals surface area contributed by atoms with E-state index >= 15 is 0 Å². The zero-order valence-corrected chi connectivity index (χ0v) is 16.2. The molecule has 0 unspecified atom stereocenters. The summed E-state index contributed by atoms with van der Waals surface area (Å²) >= 11 is 0. The highest BCUT2D eigenvalue weighted by Gasteiger charge is 2.24. The van der Waals surface area contributed by atoms with E-state index in [1.54, 1.807) is 6.07 Å². The van der Waals surface area contributed by atoms with Crippen molar-refractivity contribution in [2.45, 2.75) is 31.7 Å². The van der Waals surface area contributed by atoms with Gasteiger partial charge < -0.3 is 14.8 Å². The fraction of sp³-hybridized carbons (Fsp3) is 0.435. The lowest BCUT2D eigenvalue weighted by Gasteiger charge is -2.31. The number of hydrogen-bond acceptors (Lipinski definition) is 4. The number of benzene rings is 2. The number of nitrogens with zero attached hydrogens (tertiary/aromatic N) is 1. The lowest BCUT2D eigenvalue weighted by atomic mass is 10.0. The van der Waals surface area contributed by atoms with Crippen molar-refractivity contribution in [3.05, 3.63) is 59.7 Å². The number of likely N-dealkylation sites (tertiary alicyclic amines) is 1. The van der Waals surface area contributed by atoms with Gasteiger partial charge >= 0.3 is 0 Å². The molecule has 28 heavy (non-hydrogen) atoms. The third kappa shape index (κ3) is 4.30. The van der Waals surface area contributed by atoms with Gasteiger partial charge in [0.25, 0.3) is 5.91 Å². The van der Waals surface area contributed by atoms with Crippen LogP contribution in [-0.2, 0) is 0 Å². The van der Waals surface area contributed by atoms with Crippen molar-refractivity contribution in [1.29, 1.82) is 0 Å². The Labute approximate surface area is 166 Å². The van der Waals surface area contributed by atoms with Gasteiger partial charge in [-0.05, 0) is 43.6 Å². The van der Waals surface area contributed by atoms with Crippen LogP contribution in [-0.4, -0.2) is 43.7 Å².